The minimum atomic E-state index is -3.74. The molecule has 0 aliphatic carbocycles. The molecule has 3 rings (SSSR count). The average molecular weight is 380 g/mol. The highest BCUT2D eigenvalue weighted by atomic mass is 32.2. The number of nitrogens with one attached hydrogen (secondary N) is 1. The topological polar surface area (TPSA) is 115 Å². The van der Waals surface area contributed by atoms with Crippen molar-refractivity contribution >= 4 is 54.9 Å². The van der Waals surface area contributed by atoms with E-state index in [0.29, 0.717) is 5.69 Å². The van der Waals surface area contributed by atoms with Crippen molar-refractivity contribution in [3.8, 4) is 0 Å². The standard InChI is InChI=1S/C14H12N4O3S3/c15-24(20,21)10-3-1-9(2-4-10)18-12(19)7-23-14-13-11(5-6-22-13)16-8-17-14/h1-6,8H,7H2,(H,18,19)(H2,15,20,21). The van der Waals surface area contributed by atoms with Gasteiger partial charge in [-0.1, -0.05) is 11.8 Å². The molecule has 124 valence electrons. The van der Waals surface area contributed by atoms with Crippen LogP contribution >= 0.6 is 23.1 Å². The minimum absolute atomic E-state index is 0.00375. The number of thiophene rings is 1. The Morgan fingerprint density at radius 1 is 1.21 bits per heavy atom. The number of thioether (sulfide) groups is 1. The first kappa shape index (κ1) is 16.8. The van der Waals surface area contributed by atoms with Crippen molar-refractivity contribution in [2.45, 2.75) is 9.92 Å². The van der Waals surface area contributed by atoms with E-state index >= 15 is 0 Å². The van der Waals surface area contributed by atoms with Gasteiger partial charge in [0.2, 0.25) is 15.9 Å². The van der Waals surface area contributed by atoms with Gasteiger partial charge in [0.1, 0.15) is 11.4 Å². The van der Waals surface area contributed by atoms with E-state index in [4.69, 9.17) is 5.14 Å². The van der Waals surface area contributed by atoms with E-state index in [1.165, 1.54) is 53.7 Å². The number of nitrogens with zero attached hydrogens (tertiary/aromatic N) is 2. The molecule has 7 nitrogen and oxygen atoms in total. The van der Waals surface area contributed by atoms with Gasteiger partial charge in [-0.2, -0.15) is 0 Å². The van der Waals surface area contributed by atoms with Crippen LogP contribution in [-0.2, 0) is 14.8 Å². The molecule has 1 aromatic carbocycles. The van der Waals surface area contributed by atoms with Gasteiger partial charge in [-0.25, -0.2) is 23.5 Å². The number of sulfonamides is 1. The summed E-state index contributed by atoms with van der Waals surface area (Å²) in [5.41, 5.74) is 1.36. The zero-order chi connectivity index (χ0) is 17.2. The third-order valence-electron chi connectivity index (χ3n) is 3.02. The smallest absolute Gasteiger partial charge is 0.238 e. The number of hydrogen-bond acceptors (Lipinski definition) is 7. The molecule has 1 amide bonds. The van der Waals surface area contributed by atoms with Gasteiger partial charge in [0.05, 0.1) is 20.9 Å². The van der Waals surface area contributed by atoms with Crippen molar-refractivity contribution < 1.29 is 13.2 Å². The van der Waals surface area contributed by atoms with Crippen molar-refractivity contribution in [1.82, 2.24) is 9.97 Å². The number of benzene rings is 1. The summed E-state index contributed by atoms with van der Waals surface area (Å²) in [5.74, 6) is -0.0345. The number of anilines is 1. The van der Waals surface area contributed by atoms with E-state index in [9.17, 15) is 13.2 Å². The van der Waals surface area contributed by atoms with Crippen LogP contribution in [0.15, 0.2) is 52.0 Å². The summed E-state index contributed by atoms with van der Waals surface area (Å²) in [5, 5.41) is 10.4. The Morgan fingerprint density at radius 3 is 2.67 bits per heavy atom. The number of carbonyl (C=O) groups is 1. The van der Waals surface area contributed by atoms with E-state index in [1.54, 1.807) is 0 Å². The van der Waals surface area contributed by atoms with Crippen LogP contribution in [0.5, 0.6) is 0 Å². The Morgan fingerprint density at radius 2 is 1.96 bits per heavy atom. The van der Waals surface area contributed by atoms with Crippen LogP contribution in [-0.4, -0.2) is 30.0 Å². The van der Waals surface area contributed by atoms with E-state index < -0.39 is 10.0 Å². The number of nitrogens with two attached hydrogens (primary N) is 1. The number of rotatable bonds is 5. The van der Waals surface area contributed by atoms with Gasteiger partial charge in [0, 0.05) is 5.69 Å². The number of fused-ring (bicyclic) bond motifs is 1. The SMILES string of the molecule is NS(=O)(=O)c1ccc(NC(=O)CSc2ncnc3ccsc23)cc1. The maximum atomic E-state index is 12.0. The Kier molecular flexibility index (Phi) is 4.81. The number of primary sulfonamides is 1. The van der Waals surface area contributed by atoms with Gasteiger partial charge < -0.3 is 5.32 Å². The third-order valence-corrected chi connectivity index (χ3v) is 5.98. The zero-order valence-electron chi connectivity index (χ0n) is 12.2. The van der Waals surface area contributed by atoms with Crippen LogP contribution in [0.1, 0.15) is 0 Å². The van der Waals surface area contributed by atoms with Crippen LogP contribution in [0.25, 0.3) is 10.2 Å². The molecule has 2 heterocycles. The van der Waals surface area contributed by atoms with E-state index in [0.717, 1.165) is 15.2 Å². The molecule has 0 bridgehead atoms. The second-order valence-electron chi connectivity index (χ2n) is 4.72. The van der Waals surface area contributed by atoms with Crippen molar-refractivity contribution in [3.63, 3.8) is 0 Å². The lowest BCUT2D eigenvalue weighted by molar-refractivity contribution is -0.113. The summed E-state index contributed by atoms with van der Waals surface area (Å²) in [6.07, 6.45) is 1.47. The Balaban J connectivity index is 1.63. The number of amides is 1. The van der Waals surface area contributed by atoms with Crippen molar-refractivity contribution in [3.05, 3.63) is 42.0 Å². The summed E-state index contributed by atoms with van der Waals surface area (Å²) >= 11 is 2.85. The van der Waals surface area contributed by atoms with Crippen LogP contribution in [0.4, 0.5) is 5.69 Å². The lowest BCUT2D eigenvalue weighted by Crippen LogP contribution is -2.15. The maximum absolute atomic E-state index is 12.0. The molecule has 0 atom stereocenters. The van der Waals surface area contributed by atoms with Crippen LogP contribution in [0.2, 0.25) is 0 Å². The van der Waals surface area contributed by atoms with Crippen molar-refractivity contribution in [1.29, 1.82) is 0 Å². The molecule has 10 heteroatoms. The summed E-state index contributed by atoms with van der Waals surface area (Å²) in [7, 11) is -3.74. The van der Waals surface area contributed by atoms with E-state index in [-0.39, 0.29) is 16.6 Å². The van der Waals surface area contributed by atoms with Gasteiger partial charge in [0.15, 0.2) is 0 Å². The largest absolute Gasteiger partial charge is 0.325 e. The Bertz CT molecular complexity index is 984. The molecule has 0 unspecified atom stereocenters. The first-order valence-electron chi connectivity index (χ1n) is 6.67. The normalized spacial score (nSPS) is 11.5. The van der Waals surface area contributed by atoms with Gasteiger partial charge >= 0.3 is 0 Å². The molecule has 2 aromatic heterocycles. The number of carbonyl (C=O) groups excluding carboxylic acids is 1. The first-order valence-corrected chi connectivity index (χ1v) is 10.1. The molecule has 0 saturated heterocycles. The van der Waals surface area contributed by atoms with Crippen LogP contribution in [0, 0.1) is 0 Å². The number of hydrogen-bond donors (Lipinski definition) is 2. The van der Waals surface area contributed by atoms with Crippen LogP contribution in [0.3, 0.4) is 0 Å². The first-order chi connectivity index (χ1) is 11.4. The minimum Gasteiger partial charge on any atom is -0.325 e. The summed E-state index contributed by atoms with van der Waals surface area (Å²) in [6.45, 7) is 0. The average Bonchev–Trinajstić information content (AvgIpc) is 3.01. The Labute approximate surface area is 146 Å². The molecular formula is C14H12N4O3S3. The highest BCUT2D eigenvalue weighted by Crippen LogP contribution is 2.28. The van der Waals surface area contributed by atoms with Gasteiger partial charge in [0.25, 0.3) is 0 Å². The lowest BCUT2D eigenvalue weighted by Gasteiger charge is -2.06. The van der Waals surface area contributed by atoms with Gasteiger partial charge in [-0.05, 0) is 35.7 Å². The van der Waals surface area contributed by atoms with Crippen LogP contribution < -0.4 is 10.5 Å². The molecule has 0 fully saturated rings. The molecular weight excluding hydrogens is 368 g/mol. The highest BCUT2D eigenvalue weighted by molar-refractivity contribution is 8.00. The van der Waals surface area contributed by atoms with Crippen molar-refractivity contribution in [2.75, 3.05) is 11.1 Å². The molecule has 3 N–H and O–H groups in total. The molecule has 0 aliphatic heterocycles. The quantitative estimate of drug-likeness (QED) is 0.517. The second-order valence-corrected chi connectivity index (χ2v) is 8.16. The highest BCUT2D eigenvalue weighted by Gasteiger charge is 2.10. The van der Waals surface area contributed by atoms with E-state index in [2.05, 4.69) is 15.3 Å². The van der Waals surface area contributed by atoms with E-state index in [1.807, 2.05) is 11.4 Å². The molecule has 24 heavy (non-hydrogen) atoms. The van der Waals surface area contributed by atoms with Gasteiger partial charge in [-0.3, -0.25) is 4.79 Å². The Hall–Kier alpha value is -2.01. The monoisotopic (exact) mass is 380 g/mol. The molecule has 3 aromatic rings. The summed E-state index contributed by atoms with van der Waals surface area (Å²) < 4.78 is 23.3. The molecule has 0 saturated carbocycles. The second kappa shape index (κ2) is 6.85. The predicted molar refractivity (Wildman–Crippen MR) is 94.6 cm³/mol. The maximum Gasteiger partial charge on any atom is 0.238 e. The fraction of sp³-hybridized carbons (Fsp3) is 0.0714. The zero-order valence-corrected chi connectivity index (χ0v) is 14.6. The third kappa shape index (κ3) is 3.90. The van der Waals surface area contributed by atoms with Crippen molar-refractivity contribution in [2.24, 2.45) is 5.14 Å². The predicted octanol–water partition coefficient (Wildman–Crippen LogP) is 2.07. The molecule has 0 radical (unpaired) electrons. The summed E-state index contributed by atoms with van der Waals surface area (Å²) in [6, 6.07) is 7.57. The number of aromatic nitrogens is 2. The van der Waals surface area contributed by atoms with Gasteiger partial charge in [-0.15, -0.1) is 11.3 Å². The molecule has 0 aliphatic rings. The fourth-order valence-corrected chi connectivity index (χ4v) is 4.19. The molecule has 0 spiro atoms. The lowest BCUT2D eigenvalue weighted by atomic mass is 10.3. The summed E-state index contributed by atoms with van der Waals surface area (Å²) in [4.78, 5) is 20.4. The fourth-order valence-electron chi connectivity index (χ4n) is 1.93.